The number of nitrogens with zero attached hydrogens (tertiary/aromatic N) is 1. The Hall–Kier alpha value is -4.82. The minimum atomic E-state index is 0.724. The summed E-state index contributed by atoms with van der Waals surface area (Å²) in [6, 6.07) is 27.5. The standard InChI is InChI=1S/C38H38N2/c1-5-8-10-11-12-16-20-35-34(19-9-6-2)36(7-3)40(38(35)37(39)32-17-14-13-15-18-32)33-27-25-31(26-28-33)30-23-21-29(4)22-24-30/h5-18,20-28H,3,19,39H2,1-2,4H3/b8-5+,9-6-,11-10-,16-12-,35-20-,38-37+. The number of hydrogen-bond donors (Lipinski definition) is 1. The first-order valence-electron chi connectivity index (χ1n) is 13.7. The van der Waals surface area contributed by atoms with E-state index in [9.17, 15) is 0 Å². The first kappa shape index (κ1) is 28.2. The van der Waals surface area contributed by atoms with Crippen LogP contribution in [0.1, 0.15) is 36.2 Å². The molecule has 1 heterocycles. The van der Waals surface area contributed by atoms with Gasteiger partial charge in [0.1, 0.15) is 0 Å². The zero-order chi connectivity index (χ0) is 28.3. The van der Waals surface area contributed by atoms with Gasteiger partial charge < -0.3 is 10.3 Å². The van der Waals surface area contributed by atoms with E-state index < -0.39 is 0 Å². The smallest absolute Gasteiger partial charge is 0.0774 e. The Morgan fingerprint density at radius 3 is 2.02 bits per heavy atom. The Bertz CT molecular complexity index is 1670. The molecule has 0 saturated carbocycles. The van der Waals surface area contributed by atoms with Crippen LogP contribution < -0.4 is 16.3 Å². The Labute approximate surface area is 238 Å². The lowest BCUT2D eigenvalue weighted by molar-refractivity contribution is 1.000. The molecular formula is C38H38N2. The van der Waals surface area contributed by atoms with E-state index in [2.05, 4.69) is 110 Å². The van der Waals surface area contributed by atoms with Gasteiger partial charge in [-0.25, -0.2) is 0 Å². The number of allylic oxidation sites excluding steroid dienone is 8. The molecule has 0 spiro atoms. The number of aromatic nitrogens is 1. The van der Waals surface area contributed by atoms with Gasteiger partial charge in [-0.15, -0.1) is 0 Å². The molecule has 0 radical (unpaired) electrons. The summed E-state index contributed by atoms with van der Waals surface area (Å²) in [6.45, 7) is 10.4. The molecule has 1 aromatic heterocycles. The van der Waals surface area contributed by atoms with Crippen LogP contribution in [0.3, 0.4) is 0 Å². The van der Waals surface area contributed by atoms with Crippen LogP contribution in [0.25, 0.3) is 34.7 Å². The third kappa shape index (κ3) is 6.42. The third-order valence-electron chi connectivity index (χ3n) is 6.86. The minimum absolute atomic E-state index is 0.724. The van der Waals surface area contributed by atoms with Gasteiger partial charge in [-0.2, -0.15) is 0 Å². The first-order chi connectivity index (χ1) is 19.6. The van der Waals surface area contributed by atoms with E-state index in [4.69, 9.17) is 5.73 Å². The van der Waals surface area contributed by atoms with Gasteiger partial charge >= 0.3 is 0 Å². The van der Waals surface area contributed by atoms with Crippen LogP contribution in [0.5, 0.6) is 0 Å². The van der Waals surface area contributed by atoms with Gasteiger partial charge in [0, 0.05) is 16.6 Å². The zero-order valence-corrected chi connectivity index (χ0v) is 23.7. The van der Waals surface area contributed by atoms with Crippen LogP contribution in [-0.4, -0.2) is 4.57 Å². The molecule has 0 unspecified atom stereocenters. The molecule has 4 aromatic rings. The van der Waals surface area contributed by atoms with Gasteiger partial charge in [0.25, 0.3) is 0 Å². The van der Waals surface area contributed by atoms with E-state index in [1.165, 1.54) is 22.3 Å². The average molecular weight is 523 g/mol. The van der Waals surface area contributed by atoms with Crippen molar-refractivity contribution in [2.24, 2.45) is 5.73 Å². The predicted molar refractivity (Wildman–Crippen MR) is 174 cm³/mol. The van der Waals surface area contributed by atoms with Crippen molar-refractivity contribution >= 4 is 17.8 Å². The van der Waals surface area contributed by atoms with Crippen molar-refractivity contribution in [2.75, 3.05) is 0 Å². The lowest BCUT2D eigenvalue weighted by Gasteiger charge is -2.12. The highest BCUT2D eigenvalue weighted by Crippen LogP contribution is 2.23. The quantitative estimate of drug-likeness (QED) is 0.176. The molecule has 3 aromatic carbocycles. The topological polar surface area (TPSA) is 30.9 Å². The van der Waals surface area contributed by atoms with E-state index in [1.54, 1.807) is 0 Å². The Balaban J connectivity index is 2.03. The second-order valence-corrected chi connectivity index (χ2v) is 9.59. The summed E-state index contributed by atoms with van der Waals surface area (Å²) in [4.78, 5) is 0. The second kappa shape index (κ2) is 13.8. The lowest BCUT2D eigenvalue weighted by Crippen LogP contribution is -2.35. The Kier molecular flexibility index (Phi) is 9.74. The molecule has 200 valence electrons. The normalized spacial score (nSPS) is 13.3. The van der Waals surface area contributed by atoms with E-state index in [-0.39, 0.29) is 0 Å². The largest absolute Gasteiger partial charge is 0.397 e. The summed E-state index contributed by atoms with van der Waals surface area (Å²) in [6.07, 6.45) is 21.3. The van der Waals surface area contributed by atoms with Crippen LogP contribution in [0.15, 0.2) is 134 Å². The van der Waals surface area contributed by atoms with Gasteiger partial charge in [0.05, 0.1) is 11.0 Å². The molecule has 4 rings (SSSR count). The number of hydrogen-bond acceptors (Lipinski definition) is 1. The summed E-state index contributed by atoms with van der Waals surface area (Å²) < 4.78 is 2.25. The van der Waals surface area contributed by atoms with Crippen molar-refractivity contribution in [1.82, 2.24) is 4.57 Å². The fourth-order valence-corrected chi connectivity index (χ4v) is 4.79. The van der Waals surface area contributed by atoms with E-state index in [0.717, 1.165) is 39.6 Å². The molecular weight excluding hydrogens is 484 g/mol. The zero-order valence-electron chi connectivity index (χ0n) is 23.7. The highest BCUT2D eigenvalue weighted by atomic mass is 15.0. The highest BCUT2D eigenvalue weighted by molar-refractivity contribution is 5.69. The average Bonchev–Trinajstić information content (AvgIpc) is 3.31. The van der Waals surface area contributed by atoms with Gasteiger partial charge in [0.15, 0.2) is 0 Å². The monoisotopic (exact) mass is 522 g/mol. The Morgan fingerprint density at radius 1 is 0.775 bits per heavy atom. The molecule has 0 atom stereocenters. The van der Waals surface area contributed by atoms with Crippen molar-refractivity contribution in [3.05, 3.63) is 167 Å². The lowest BCUT2D eigenvalue weighted by atomic mass is 10.0. The summed E-state index contributed by atoms with van der Waals surface area (Å²) in [7, 11) is 0. The van der Waals surface area contributed by atoms with Crippen LogP contribution in [0.2, 0.25) is 0 Å². The molecule has 0 aliphatic rings. The van der Waals surface area contributed by atoms with Gasteiger partial charge in [-0.3, -0.25) is 0 Å². The molecule has 0 aliphatic heterocycles. The molecule has 2 N–H and O–H groups in total. The highest BCUT2D eigenvalue weighted by Gasteiger charge is 2.16. The van der Waals surface area contributed by atoms with Crippen LogP contribution in [0.4, 0.5) is 0 Å². The predicted octanol–water partition coefficient (Wildman–Crippen LogP) is 7.80. The first-order valence-corrected chi connectivity index (χ1v) is 13.7. The van der Waals surface area contributed by atoms with Gasteiger partial charge in [-0.1, -0.05) is 134 Å². The van der Waals surface area contributed by atoms with Crippen LogP contribution in [-0.2, 0) is 6.42 Å². The van der Waals surface area contributed by atoms with Crippen molar-refractivity contribution in [2.45, 2.75) is 27.2 Å². The van der Waals surface area contributed by atoms with Gasteiger partial charge in [0.2, 0.25) is 0 Å². The molecule has 40 heavy (non-hydrogen) atoms. The van der Waals surface area contributed by atoms with Gasteiger partial charge in [-0.05, 0) is 67.7 Å². The van der Waals surface area contributed by atoms with Crippen molar-refractivity contribution in [3.63, 3.8) is 0 Å². The summed E-state index contributed by atoms with van der Waals surface area (Å²) in [5.74, 6) is 0. The number of nitrogens with two attached hydrogens (primary N) is 1. The number of benzene rings is 3. The molecule has 0 bridgehead atoms. The number of aryl methyl sites for hydroxylation is 1. The Morgan fingerprint density at radius 2 is 1.40 bits per heavy atom. The van der Waals surface area contributed by atoms with Crippen molar-refractivity contribution in [1.29, 1.82) is 0 Å². The van der Waals surface area contributed by atoms with E-state index >= 15 is 0 Å². The van der Waals surface area contributed by atoms with Crippen LogP contribution >= 0.6 is 0 Å². The maximum atomic E-state index is 7.00. The molecule has 0 aliphatic carbocycles. The molecule has 0 fully saturated rings. The van der Waals surface area contributed by atoms with Crippen molar-refractivity contribution in [3.8, 4) is 16.8 Å². The van der Waals surface area contributed by atoms with Crippen molar-refractivity contribution < 1.29 is 0 Å². The summed E-state index contributed by atoms with van der Waals surface area (Å²) in [5.41, 5.74) is 15.6. The maximum absolute atomic E-state index is 7.00. The second-order valence-electron chi connectivity index (χ2n) is 9.59. The number of rotatable bonds is 9. The van der Waals surface area contributed by atoms with Crippen LogP contribution in [0, 0.1) is 6.92 Å². The third-order valence-corrected chi connectivity index (χ3v) is 6.86. The minimum Gasteiger partial charge on any atom is -0.397 e. The molecule has 0 amide bonds. The maximum Gasteiger partial charge on any atom is 0.0774 e. The SMILES string of the molecule is C=Cc1c(C/C=C\C)c(=C/C=C\C=C/C=C/C)/c(=C(\N)c2ccccc2)n1-c1ccc(-c2ccc(C)cc2)cc1. The summed E-state index contributed by atoms with van der Waals surface area (Å²) in [5, 5.41) is 2.05. The van der Waals surface area contributed by atoms with E-state index in [1.807, 2.05) is 61.6 Å². The molecule has 0 saturated heterocycles. The molecule has 2 nitrogen and oxygen atoms in total. The summed E-state index contributed by atoms with van der Waals surface area (Å²) >= 11 is 0. The fraction of sp³-hybridized carbons (Fsp3) is 0.105. The fourth-order valence-electron chi connectivity index (χ4n) is 4.79. The molecule has 2 heteroatoms. The van der Waals surface area contributed by atoms with E-state index in [0.29, 0.717) is 0 Å².